The first kappa shape index (κ1) is 17.0. The average molecular weight is 344 g/mol. The van der Waals surface area contributed by atoms with Crippen LogP contribution < -0.4 is 16.0 Å². The summed E-state index contributed by atoms with van der Waals surface area (Å²) >= 11 is 0. The number of hydrogen-bond donors (Lipinski definition) is 2. The Balaban J connectivity index is 1.82. The van der Waals surface area contributed by atoms with Gasteiger partial charge in [0.05, 0.1) is 13.2 Å². The first-order valence-corrected chi connectivity index (χ1v) is 7.95. The van der Waals surface area contributed by atoms with Crippen LogP contribution in [0.4, 0.5) is 0 Å². The quantitative estimate of drug-likeness (QED) is 0.829. The lowest BCUT2D eigenvalue weighted by Gasteiger charge is -2.39. The second-order valence-electron chi connectivity index (χ2n) is 6.02. The first-order valence-electron chi connectivity index (χ1n) is 7.95. The van der Waals surface area contributed by atoms with Crippen molar-refractivity contribution in [2.24, 2.45) is 0 Å². The minimum Gasteiger partial charge on any atom is -0.497 e. The summed E-state index contributed by atoms with van der Waals surface area (Å²) in [6.45, 7) is 1.68. The summed E-state index contributed by atoms with van der Waals surface area (Å²) in [5, 5.41) is 0. The third kappa shape index (κ3) is 3.63. The zero-order valence-electron chi connectivity index (χ0n) is 14.1. The third-order valence-electron chi connectivity index (χ3n) is 4.43. The fraction of sp³-hybridized carbons (Fsp3) is 0.353. The van der Waals surface area contributed by atoms with E-state index in [1.54, 1.807) is 12.0 Å². The number of nitrogens with one attached hydrogen (secondary N) is 2. The molecule has 2 heterocycles. The Labute approximate surface area is 144 Å². The fourth-order valence-electron chi connectivity index (χ4n) is 3.00. The van der Waals surface area contributed by atoms with Gasteiger partial charge in [0.1, 0.15) is 11.4 Å². The van der Waals surface area contributed by atoms with Gasteiger partial charge >= 0.3 is 5.69 Å². The summed E-state index contributed by atoms with van der Waals surface area (Å²) in [5.41, 5.74) is -0.198. The van der Waals surface area contributed by atoms with Crippen molar-refractivity contribution < 1.29 is 9.53 Å². The van der Waals surface area contributed by atoms with E-state index in [4.69, 9.17) is 4.74 Å². The molecule has 1 atom stereocenters. The Morgan fingerprint density at radius 1 is 1.16 bits per heavy atom. The highest BCUT2D eigenvalue weighted by Crippen LogP contribution is 2.26. The molecule has 0 unspecified atom stereocenters. The number of benzene rings is 1. The molecule has 0 spiro atoms. The largest absolute Gasteiger partial charge is 0.497 e. The molecule has 0 aliphatic carbocycles. The van der Waals surface area contributed by atoms with E-state index in [0.717, 1.165) is 17.4 Å². The summed E-state index contributed by atoms with van der Waals surface area (Å²) in [7, 11) is 3.62. The molecular weight excluding hydrogens is 324 g/mol. The van der Waals surface area contributed by atoms with E-state index in [9.17, 15) is 14.4 Å². The first-order chi connectivity index (χ1) is 12.0. The van der Waals surface area contributed by atoms with Crippen LogP contribution in [0, 0.1) is 0 Å². The zero-order valence-corrected chi connectivity index (χ0v) is 14.1. The number of amides is 1. The minimum absolute atomic E-state index is 0.00628. The van der Waals surface area contributed by atoms with Crippen LogP contribution in [0.15, 0.2) is 39.9 Å². The predicted octanol–water partition coefficient (Wildman–Crippen LogP) is 0.201. The highest BCUT2D eigenvalue weighted by atomic mass is 16.5. The minimum atomic E-state index is -0.684. The molecule has 3 rings (SSSR count). The van der Waals surface area contributed by atoms with Gasteiger partial charge in [0.2, 0.25) is 0 Å². The van der Waals surface area contributed by atoms with E-state index in [1.807, 2.05) is 31.3 Å². The molecular formula is C17H20N4O4. The van der Waals surface area contributed by atoms with E-state index in [1.165, 1.54) is 0 Å². The number of methoxy groups -OCH3 is 1. The van der Waals surface area contributed by atoms with Crippen LogP contribution in [0.25, 0.3) is 0 Å². The SMILES string of the molecule is COc1ccc([C@H]2CN(C(=O)c3cc(=O)[nH]c(=O)[nH]3)CCN2C)cc1. The second-order valence-corrected chi connectivity index (χ2v) is 6.02. The van der Waals surface area contributed by atoms with E-state index in [2.05, 4.69) is 14.9 Å². The number of likely N-dealkylation sites (N-methyl/N-ethyl adjacent to an activating group) is 1. The highest BCUT2D eigenvalue weighted by molar-refractivity contribution is 5.92. The van der Waals surface area contributed by atoms with Crippen LogP contribution >= 0.6 is 0 Å². The molecule has 25 heavy (non-hydrogen) atoms. The molecule has 132 valence electrons. The lowest BCUT2D eigenvalue weighted by atomic mass is 10.0. The Morgan fingerprint density at radius 2 is 1.88 bits per heavy atom. The molecule has 1 aromatic carbocycles. The number of nitrogens with zero attached hydrogens (tertiary/aromatic N) is 2. The van der Waals surface area contributed by atoms with Crippen molar-refractivity contribution >= 4 is 5.91 Å². The summed E-state index contributed by atoms with van der Waals surface area (Å²) in [6.07, 6.45) is 0. The normalized spacial score (nSPS) is 18.2. The van der Waals surface area contributed by atoms with Crippen molar-refractivity contribution in [1.29, 1.82) is 0 Å². The number of H-pyrrole nitrogens is 2. The number of aromatic amines is 2. The molecule has 8 nitrogen and oxygen atoms in total. The van der Waals surface area contributed by atoms with Gasteiger partial charge in [0.15, 0.2) is 0 Å². The molecule has 1 aliphatic rings. The summed E-state index contributed by atoms with van der Waals surface area (Å²) in [5.74, 6) is 0.422. The third-order valence-corrected chi connectivity index (χ3v) is 4.43. The molecule has 0 bridgehead atoms. The van der Waals surface area contributed by atoms with E-state index >= 15 is 0 Å². The number of carbonyl (C=O) groups is 1. The maximum atomic E-state index is 12.7. The lowest BCUT2D eigenvalue weighted by Crippen LogP contribution is -2.49. The summed E-state index contributed by atoms with van der Waals surface area (Å²) in [4.78, 5) is 43.8. The van der Waals surface area contributed by atoms with Crippen molar-refractivity contribution in [2.45, 2.75) is 6.04 Å². The van der Waals surface area contributed by atoms with Gasteiger partial charge in [-0.25, -0.2) is 4.79 Å². The highest BCUT2D eigenvalue weighted by Gasteiger charge is 2.29. The van der Waals surface area contributed by atoms with Gasteiger partial charge < -0.3 is 14.6 Å². The van der Waals surface area contributed by atoms with Gasteiger partial charge in [-0.15, -0.1) is 0 Å². The maximum absolute atomic E-state index is 12.7. The molecule has 1 amide bonds. The molecule has 1 aliphatic heterocycles. The number of aromatic nitrogens is 2. The zero-order chi connectivity index (χ0) is 18.0. The van der Waals surface area contributed by atoms with Crippen LogP contribution in [0.1, 0.15) is 22.1 Å². The van der Waals surface area contributed by atoms with E-state index in [-0.39, 0.29) is 17.6 Å². The van der Waals surface area contributed by atoms with Gasteiger partial charge in [-0.05, 0) is 24.7 Å². The Bertz CT molecular complexity index is 843. The monoisotopic (exact) mass is 344 g/mol. The molecule has 0 saturated carbocycles. The standard InChI is InChI=1S/C17H20N4O4/c1-20-7-8-21(16(23)13-9-15(22)19-17(24)18-13)10-14(20)11-3-5-12(25-2)6-4-11/h3-6,9,14H,7-8,10H2,1-2H3,(H2,18,19,22,24)/t14-/m1/s1. The topological polar surface area (TPSA) is 98.5 Å². The van der Waals surface area contributed by atoms with Gasteiger partial charge in [-0.1, -0.05) is 12.1 Å². The van der Waals surface area contributed by atoms with Crippen molar-refractivity contribution in [3.8, 4) is 5.75 Å². The number of ether oxygens (including phenoxy) is 1. The average Bonchev–Trinajstić information content (AvgIpc) is 2.61. The molecule has 1 fully saturated rings. The molecule has 0 radical (unpaired) electrons. The number of piperazine rings is 1. The van der Waals surface area contributed by atoms with E-state index in [0.29, 0.717) is 19.6 Å². The Morgan fingerprint density at radius 3 is 2.52 bits per heavy atom. The van der Waals surface area contributed by atoms with Crippen molar-refractivity contribution in [2.75, 3.05) is 33.8 Å². The maximum Gasteiger partial charge on any atom is 0.326 e. The van der Waals surface area contributed by atoms with Gasteiger partial charge in [0.25, 0.3) is 11.5 Å². The van der Waals surface area contributed by atoms with Gasteiger partial charge in [-0.2, -0.15) is 0 Å². The summed E-state index contributed by atoms with van der Waals surface area (Å²) < 4.78 is 5.18. The lowest BCUT2D eigenvalue weighted by molar-refractivity contribution is 0.0540. The molecule has 2 N–H and O–H groups in total. The molecule has 1 saturated heterocycles. The number of rotatable bonds is 3. The number of hydrogen-bond acceptors (Lipinski definition) is 5. The van der Waals surface area contributed by atoms with Gasteiger partial charge in [-0.3, -0.25) is 19.5 Å². The van der Waals surface area contributed by atoms with Crippen LogP contribution in [0.5, 0.6) is 5.75 Å². The molecule has 1 aromatic heterocycles. The van der Waals surface area contributed by atoms with Crippen LogP contribution in [0.2, 0.25) is 0 Å². The van der Waals surface area contributed by atoms with Crippen LogP contribution in [-0.2, 0) is 0 Å². The fourth-order valence-corrected chi connectivity index (χ4v) is 3.00. The van der Waals surface area contributed by atoms with Crippen LogP contribution in [-0.4, -0.2) is 59.5 Å². The van der Waals surface area contributed by atoms with Crippen LogP contribution in [0.3, 0.4) is 0 Å². The molecule has 2 aromatic rings. The van der Waals surface area contributed by atoms with Crippen molar-refractivity contribution in [3.63, 3.8) is 0 Å². The molecule has 8 heteroatoms. The predicted molar refractivity (Wildman–Crippen MR) is 92.0 cm³/mol. The second kappa shape index (κ2) is 6.94. The Kier molecular flexibility index (Phi) is 4.71. The Hall–Kier alpha value is -2.87. The van der Waals surface area contributed by atoms with Gasteiger partial charge in [0, 0.05) is 25.7 Å². The smallest absolute Gasteiger partial charge is 0.326 e. The van der Waals surface area contributed by atoms with E-state index < -0.39 is 11.2 Å². The summed E-state index contributed by atoms with van der Waals surface area (Å²) in [6, 6.07) is 8.87. The van der Waals surface area contributed by atoms with Crippen molar-refractivity contribution in [3.05, 3.63) is 62.4 Å². The number of carbonyl (C=O) groups excluding carboxylic acids is 1. The van der Waals surface area contributed by atoms with Crippen molar-refractivity contribution in [1.82, 2.24) is 19.8 Å².